The first-order valence-corrected chi connectivity index (χ1v) is 4.53. The second kappa shape index (κ2) is 4.32. The Morgan fingerprint density at radius 3 is 3.00 bits per heavy atom. The number of nitrogens with zero attached hydrogens (tertiary/aromatic N) is 1. The first-order valence-electron chi connectivity index (χ1n) is 3.74. The van der Waals surface area contributed by atoms with Crippen LogP contribution in [0.2, 0.25) is 0 Å². The number of rotatable bonds is 2. The Balaban J connectivity index is 2.83. The van der Waals surface area contributed by atoms with E-state index in [0.29, 0.717) is 16.7 Å². The number of aromatic nitrogens is 1. The molecule has 0 aromatic carbocycles. The van der Waals surface area contributed by atoms with Crippen LogP contribution in [0.15, 0.2) is 16.7 Å². The number of nitrogens with one attached hydrogen (secondary N) is 1. The standard InChI is InChI=1S/C8H8BrFN2O/c1-2-7(13)12-8-6(9)3-5(10)4-11-8/h3-4H,2H2,1H3,(H,11,12,13). The zero-order valence-corrected chi connectivity index (χ0v) is 8.56. The minimum absolute atomic E-state index is 0.153. The Labute approximate surface area is 83.5 Å². The monoisotopic (exact) mass is 246 g/mol. The molecule has 0 bridgehead atoms. The van der Waals surface area contributed by atoms with Crippen LogP contribution in [0.25, 0.3) is 0 Å². The van der Waals surface area contributed by atoms with Crippen LogP contribution in [0.3, 0.4) is 0 Å². The lowest BCUT2D eigenvalue weighted by molar-refractivity contribution is -0.115. The maximum absolute atomic E-state index is 12.6. The van der Waals surface area contributed by atoms with E-state index in [4.69, 9.17) is 0 Å². The summed E-state index contributed by atoms with van der Waals surface area (Å²) < 4.78 is 13.0. The van der Waals surface area contributed by atoms with Crippen molar-refractivity contribution in [2.45, 2.75) is 13.3 Å². The molecule has 0 unspecified atom stereocenters. The number of carbonyl (C=O) groups excluding carboxylic acids is 1. The smallest absolute Gasteiger partial charge is 0.225 e. The van der Waals surface area contributed by atoms with Crippen molar-refractivity contribution in [2.24, 2.45) is 0 Å². The van der Waals surface area contributed by atoms with E-state index in [-0.39, 0.29) is 5.91 Å². The Morgan fingerprint density at radius 1 is 1.77 bits per heavy atom. The van der Waals surface area contributed by atoms with Crippen LogP contribution in [0.5, 0.6) is 0 Å². The van der Waals surface area contributed by atoms with Gasteiger partial charge in [0, 0.05) is 6.42 Å². The van der Waals surface area contributed by atoms with Crippen LogP contribution in [-0.2, 0) is 4.79 Å². The molecule has 0 atom stereocenters. The number of halogens is 2. The van der Waals surface area contributed by atoms with Crippen molar-refractivity contribution in [3.05, 3.63) is 22.6 Å². The Kier molecular flexibility index (Phi) is 3.36. The summed E-state index contributed by atoms with van der Waals surface area (Å²) in [7, 11) is 0. The van der Waals surface area contributed by atoms with Gasteiger partial charge in [-0.05, 0) is 22.0 Å². The SMILES string of the molecule is CCC(=O)Nc1ncc(F)cc1Br. The topological polar surface area (TPSA) is 42.0 Å². The highest BCUT2D eigenvalue weighted by Crippen LogP contribution is 2.19. The van der Waals surface area contributed by atoms with Crippen molar-refractivity contribution in [1.29, 1.82) is 0 Å². The van der Waals surface area contributed by atoms with Gasteiger partial charge in [0.2, 0.25) is 5.91 Å². The largest absolute Gasteiger partial charge is 0.310 e. The molecule has 1 aromatic heterocycles. The highest BCUT2D eigenvalue weighted by molar-refractivity contribution is 9.10. The van der Waals surface area contributed by atoms with Crippen molar-refractivity contribution in [3.8, 4) is 0 Å². The number of anilines is 1. The predicted molar refractivity (Wildman–Crippen MR) is 50.8 cm³/mol. The van der Waals surface area contributed by atoms with E-state index in [1.165, 1.54) is 6.07 Å². The normalized spacial score (nSPS) is 9.77. The summed E-state index contributed by atoms with van der Waals surface area (Å²) in [5.74, 6) is -0.255. The van der Waals surface area contributed by atoms with Crippen molar-refractivity contribution in [1.82, 2.24) is 4.98 Å². The van der Waals surface area contributed by atoms with Crippen LogP contribution >= 0.6 is 15.9 Å². The van der Waals surface area contributed by atoms with E-state index in [1.807, 2.05) is 0 Å². The highest BCUT2D eigenvalue weighted by atomic mass is 79.9. The molecule has 0 spiro atoms. The Bertz CT molecular complexity index is 330. The first-order chi connectivity index (χ1) is 6.13. The molecule has 1 N–H and O–H groups in total. The van der Waals surface area contributed by atoms with Gasteiger partial charge < -0.3 is 5.32 Å². The maximum Gasteiger partial charge on any atom is 0.225 e. The summed E-state index contributed by atoms with van der Waals surface area (Å²) in [6.45, 7) is 1.73. The third kappa shape index (κ3) is 2.77. The highest BCUT2D eigenvalue weighted by Gasteiger charge is 2.05. The molecular formula is C8H8BrFN2O. The fourth-order valence-electron chi connectivity index (χ4n) is 0.727. The second-order valence-corrected chi connectivity index (χ2v) is 3.24. The third-order valence-electron chi connectivity index (χ3n) is 1.39. The fourth-order valence-corrected chi connectivity index (χ4v) is 1.15. The zero-order chi connectivity index (χ0) is 9.84. The molecule has 0 aliphatic rings. The van der Waals surface area contributed by atoms with E-state index in [9.17, 15) is 9.18 Å². The molecule has 0 aliphatic heterocycles. The average molecular weight is 247 g/mol. The van der Waals surface area contributed by atoms with Gasteiger partial charge in [0.05, 0.1) is 10.7 Å². The first kappa shape index (κ1) is 10.1. The van der Waals surface area contributed by atoms with Crippen molar-refractivity contribution < 1.29 is 9.18 Å². The molecule has 5 heteroatoms. The summed E-state index contributed by atoms with van der Waals surface area (Å²) in [4.78, 5) is 14.7. The number of carbonyl (C=O) groups is 1. The lowest BCUT2D eigenvalue weighted by Gasteiger charge is -2.03. The van der Waals surface area contributed by atoms with Gasteiger partial charge >= 0.3 is 0 Å². The van der Waals surface area contributed by atoms with Gasteiger partial charge in [0.25, 0.3) is 0 Å². The molecule has 0 saturated heterocycles. The van der Waals surface area contributed by atoms with Gasteiger partial charge in [-0.2, -0.15) is 0 Å². The molecular weight excluding hydrogens is 239 g/mol. The van der Waals surface area contributed by atoms with Crippen molar-refractivity contribution in [3.63, 3.8) is 0 Å². The molecule has 0 radical (unpaired) electrons. The van der Waals surface area contributed by atoms with E-state index < -0.39 is 5.82 Å². The number of pyridine rings is 1. The molecule has 0 fully saturated rings. The lowest BCUT2D eigenvalue weighted by Crippen LogP contribution is -2.11. The van der Waals surface area contributed by atoms with Crippen LogP contribution < -0.4 is 5.32 Å². The zero-order valence-electron chi connectivity index (χ0n) is 6.97. The molecule has 0 aliphatic carbocycles. The van der Waals surface area contributed by atoms with E-state index in [1.54, 1.807) is 6.92 Å². The molecule has 3 nitrogen and oxygen atoms in total. The van der Waals surface area contributed by atoms with Gasteiger partial charge in [0.1, 0.15) is 11.6 Å². The number of amides is 1. The van der Waals surface area contributed by atoms with Crippen LogP contribution in [0.4, 0.5) is 10.2 Å². The van der Waals surface area contributed by atoms with Gasteiger partial charge in [-0.3, -0.25) is 4.79 Å². The van der Waals surface area contributed by atoms with E-state index >= 15 is 0 Å². The van der Waals surface area contributed by atoms with Crippen LogP contribution in [0, 0.1) is 5.82 Å². The van der Waals surface area contributed by atoms with Gasteiger partial charge in [-0.25, -0.2) is 9.37 Å². The number of hydrogen-bond donors (Lipinski definition) is 1. The van der Waals surface area contributed by atoms with Gasteiger partial charge in [-0.15, -0.1) is 0 Å². The summed E-state index contributed by atoms with van der Waals surface area (Å²) in [5, 5.41) is 2.52. The van der Waals surface area contributed by atoms with Crippen LogP contribution in [-0.4, -0.2) is 10.9 Å². The minimum atomic E-state index is -0.443. The third-order valence-corrected chi connectivity index (χ3v) is 1.99. The molecule has 1 aromatic rings. The van der Waals surface area contributed by atoms with Crippen LogP contribution in [0.1, 0.15) is 13.3 Å². The quantitative estimate of drug-likeness (QED) is 0.871. The summed E-state index contributed by atoms with van der Waals surface area (Å²) >= 11 is 3.09. The van der Waals surface area contributed by atoms with E-state index in [2.05, 4.69) is 26.2 Å². The van der Waals surface area contributed by atoms with Crippen molar-refractivity contribution >= 4 is 27.7 Å². The van der Waals surface area contributed by atoms with Crippen molar-refractivity contribution in [2.75, 3.05) is 5.32 Å². The summed E-state index contributed by atoms with van der Waals surface area (Å²) in [6, 6.07) is 1.25. The average Bonchev–Trinajstić information content (AvgIpc) is 2.09. The van der Waals surface area contributed by atoms with E-state index in [0.717, 1.165) is 6.20 Å². The van der Waals surface area contributed by atoms with Gasteiger partial charge in [0.15, 0.2) is 0 Å². The molecule has 0 saturated carbocycles. The second-order valence-electron chi connectivity index (χ2n) is 2.39. The number of hydrogen-bond acceptors (Lipinski definition) is 2. The Morgan fingerprint density at radius 2 is 2.46 bits per heavy atom. The lowest BCUT2D eigenvalue weighted by atomic mass is 10.4. The summed E-state index contributed by atoms with van der Waals surface area (Å²) in [5.41, 5.74) is 0. The van der Waals surface area contributed by atoms with Gasteiger partial charge in [-0.1, -0.05) is 6.92 Å². The summed E-state index contributed by atoms with van der Waals surface area (Å²) in [6.07, 6.45) is 1.42. The fraction of sp³-hybridized carbons (Fsp3) is 0.250. The maximum atomic E-state index is 12.6. The molecule has 13 heavy (non-hydrogen) atoms. The molecule has 1 amide bonds. The molecule has 1 rings (SSSR count). The minimum Gasteiger partial charge on any atom is -0.310 e. The molecule has 1 heterocycles. The molecule has 70 valence electrons. The predicted octanol–water partition coefficient (Wildman–Crippen LogP) is 2.33. The Hall–Kier alpha value is -0.970.